The molecule has 0 saturated heterocycles. The van der Waals surface area contributed by atoms with Crippen LogP contribution in [0.5, 0.6) is 11.8 Å². The number of ether oxygens (including phenoxy) is 2. The molecule has 0 amide bonds. The summed E-state index contributed by atoms with van der Waals surface area (Å²) in [6.07, 6.45) is 4.90. The zero-order chi connectivity index (χ0) is 23.7. The highest BCUT2D eigenvalue weighted by Gasteiger charge is 2.34. The minimum Gasteiger partial charge on any atom is -0.493 e. The summed E-state index contributed by atoms with van der Waals surface area (Å²) in [6, 6.07) is 4.03. The number of thiazole rings is 1. The van der Waals surface area contributed by atoms with Gasteiger partial charge in [0, 0.05) is 35.1 Å². The van der Waals surface area contributed by atoms with Gasteiger partial charge < -0.3 is 14.8 Å². The smallest absolute Gasteiger partial charge is 0.419 e. The summed E-state index contributed by atoms with van der Waals surface area (Å²) in [5.41, 5.74) is 1.04. The van der Waals surface area contributed by atoms with E-state index in [1.165, 1.54) is 37.0 Å². The Morgan fingerprint density at radius 1 is 1.03 bits per heavy atom. The second kappa shape index (κ2) is 11.8. The maximum absolute atomic E-state index is 13.4. The normalized spacial score (nSPS) is 11.4. The molecule has 0 fully saturated rings. The van der Waals surface area contributed by atoms with Crippen molar-refractivity contribution in [2.45, 2.75) is 51.6 Å². The van der Waals surface area contributed by atoms with Gasteiger partial charge in [0.25, 0.3) is 0 Å². The molecule has 0 saturated carbocycles. The lowest BCUT2D eigenvalue weighted by atomic mass is 10.1. The van der Waals surface area contributed by atoms with E-state index < -0.39 is 11.7 Å². The largest absolute Gasteiger partial charge is 0.493 e. The number of rotatable bonds is 12. The van der Waals surface area contributed by atoms with Gasteiger partial charge in [-0.2, -0.15) is 13.2 Å². The van der Waals surface area contributed by atoms with Gasteiger partial charge in [-0.05, 0) is 18.6 Å². The molecule has 0 aliphatic carbocycles. The summed E-state index contributed by atoms with van der Waals surface area (Å²) in [5.74, 6) is -0.179. The van der Waals surface area contributed by atoms with Crippen LogP contribution in [-0.2, 0) is 6.18 Å². The van der Waals surface area contributed by atoms with E-state index in [0.29, 0.717) is 22.1 Å². The fourth-order valence-corrected chi connectivity index (χ4v) is 3.90. The molecule has 33 heavy (non-hydrogen) atoms. The fourth-order valence-electron chi connectivity index (χ4n) is 3.16. The van der Waals surface area contributed by atoms with Crippen LogP contribution in [0.25, 0.3) is 11.3 Å². The molecule has 0 unspecified atom stereocenters. The van der Waals surface area contributed by atoms with Crippen LogP contribution in [0.2, 0.25) is 0 Å². The van der Waals surface area contributed by atoms with Crippen LogP contribution in [-0.4, -0.2) is 28.7 Å². The molecule has 2 aromatic heterocycles. The minimum absolute atomic E-state index is 0.179. The molecule has 3 aromatic rings. The van der Waals surface area contributed by atoms with Gasteiger partial charge in [-0.15, -0.1) is 11.3 Å². The Morgan fingerprint density at radius 2 is 1.76 bits per heavy atom. The third-order valence-electron chi connectivity index (χ3n) is 4.90. The highest BCUT2D eigenvalue weighted by atomic mass is 32.1. The number of halogens is 3. The number of hydrogen-bond donors (Lipinski definition) is 1. The molecule has 0 radical (unpaired) electrons. The van der Waals surface area contributed by atoms with Gasteiger partial charge in [0.2, 0.25) is 0 Å². The molecule has 10 heteroatoms. The summed E-state index contributed by atoms with van der Waals surface area (Å²) in [6.45, 7) is 2.39. The average molecular weight is 481 g/mol. The van der Waals surface area contributed by atoms with Crippen LogP contribution in [0.4, 0.5) is 24.0 Å². The summed E-state index contributed by atoms with van der Waals surface area (Å²) < 4.78 is 50.8. The van der Waals surface area contributed by atoms with Crippen LogP contribution < -0.4 is 14.8 Å². The zero-order valence-corrected chi connectivity index (χ0v) is 19.4. The van der Waals surface area contributed by atoms with E-state index in [9.17, 15) is 13.2 Å². The molecule has 0 atom stereocenters. The predicted molar refractivity (Wildman–Crippen MR) is 123 cm³/mol. The van der Waals surface area contributed by atoms with Crippen LogP contribution in [0.15, 0.2) is 36.0 Å². The van der Waals surface area contributed by atoms with Crippen LogP contribution in [0.1, 0.15) is 51.0 Å². The lowest BCUT2D eigenvalue weighted by Gasteiger charge is -2.15. The van der Waals surface area contributed by atoms with Crippen molar-refractivity contribution in [2.24, 2.45) is 0 Å². The number of alkyl halides is 3. The van der Waals surface area contributed by atoms with Gasteiger partial charge in [0.05, 0.1) is 25.0 Å². The van der Waals surface area contributed by atoms with Gasteiger partial charge in [0.15, 0.2) is 5.13 Å². The van der Waals surface area contributed by atoms with Crippen LogP contribution in [0, 0.1) is 0 Å². The summed E-state index contributed by atoms with van der Waals surface area (Å²) in [5, 5.41) is 5.40. The van der Waals surface area contributed by atoms with Crippen molar-refractivity contribution >= 4 is 22.2 Å². The van der Waals surface area contributed by atoms with Gasteiger partial charge >= 0.3 is 12.2 Å². The number of aromatic nitrogens is 3. The Bertz CT molecular complexity index is 1010. The van der Waals surface area contributed by atoms with E-state index in [4.69, 9.17) is 9.47 Å². The quantitative estimate of drug-likeness (QED) is 0.279. The summed E-state index contributed by atoms with van der Waals surface area (Å²) >= 11 is 1.32. The minimum atomic E-state index is -4.49. The monoisotopic (exact) mass is 480 g/mol. The Morgan fingerprint density at radius 3 is 2.45 bits per heavy atom. The second-order valence-electron chi connectivity index (χ2n) is 7.45. The molecule has 2 heterocycles. The predicted octanol–water partition coefficient (Wildman–Crippen LogP) is 7.11. The number of nitrogens with one attached hydrogen (secondary N) is 1. The van der Waals surface area contributed by atoms with Crippen molar-refractivity contribution in [1.29, 1.82) is 0 Å². The molecular weight excluding hydrogens is 453 g/mol. The van der Waals surface area contributed by atoms with E-state index in [2.05, 4.69) is 27.2 Å². The molecule has 3 rings (SSSR count). The zero-order valence-electron chi connectivity index (χ0n) is 18.6. The number of hydrogen-bond acceptors (Lipinski definition) is 7. The number of benzene rings is 1. The highest BCUT2D eigenvalue weighted by molar-refractivity contribution is 7.14. The molecule has 6 nitrogen and oxygen atoms in total. The van der Waals surface area contributed by atoms with Crippen molar-refractivity contribution in [3.8, 4) is 23.0 Å². The SMILES string of the molecule is CCCCCCCCOc1cc(Nc2nc(-c3cnc(OC)nc3)cs2)ccc1C(F)(F)F. The van der Waals surface area contributed by atoms with E-state index in [-0.39, 0.29) is 18.4 Å². The first-order chi connectivity index (χ1) is 15.9. The standard InChI is InChI=1S/C23H27F3N4O2S/c1-3-4-5-6-7-8-11-32-20-12-17(9-10-18(20)23(24,25)26)29-22-30-19(15-33-22)16-13-27-21(31-2)28-14-16/h9-10,12-15H,3-8,11H2,1-2H3,(H,29,30). The maximum atomic E-state index is 13.4. The molecule has 1 N–H and O–H groups in total. The Hall–Kier alpha value is -2.88. The number of methoxy groups -OCH3 is 1. The summed E-state index contributed by atoms with van der Waals surface area (Å²) in [4.78, 5) is 12.6. The first-order valence-electron chi connectivity index (χ1n) is 10.8. The van der Waals surface area contributed by atoms with Crippen molar-refractivity contribution in [1.82, 2.24) is 15.0 Å². The number of anilines is 2. The third-order valence-corrected chi connectivity index (χ3v) is 5.66. The fraction of sp³-hybridized carbons (Fsp3) is 0.435. The molecule has 0 aliphatic rings. The van der Waals surface area contributed by atoms with E-state index >= 15 is 0 Å². The maximum Gasteiger partial charge on any atom is 0.419 e. The van der Waals surface area contributed by atoms with Crippen molar-refractivity contribution in [3.63, 3.8) is 0 Å². The molecule has 0 spiro atoms. The summed E-state index contributed by atoms with van der Waals surface area (Å²) in [7, 11) is 1.48. The van der Waals surface area contributed by atoms with Gasteiger partial charge in [-0.25, -0.2) is 15.0 Å². The van der Waals surface area contributed by atoms with Crippen LogP contribution >= 0.6 is 11.3 Å². The second-order valence-corrected chi connectivity index (χ2v) is 8.30. The first-order valence-corrected chi connectivity index (χ1v) is 11.7. The van der Waals surface area contributed by atoms with Crippen molar-refractivity contribution < 1.29 is 22.6 Å². The van der Waals surface area contributed by atoms with Crippen molar-refractivity contribution in [2.75, 3.05) is 19.0 Å². The number of unbranched alkanes of at least 4 members (excludes halogenated alkanes) is 5. The van der Waals surface area contributed by atoms with Gasteiger partial charge in [-0.1, -0.05) is 39.0 Å². The molecule has 178 valence electrons. The first kappa shape index (κ1) is 24.8. The van der Waals surface area contributed by atoms with Gasteiger partial charge in [-0.3, -0.25) is 0 Å². The third kappa shape index (κ3) is 7.31. The van der Waals surface area contributed by atoms with E-state index in [1.807, 2.05) is 5.38 Å². The molecular formula is C23H27F3N4O2S. The Kier molecular flexibility index (Phi) is 8.87. The van der Waals surface area contributed by atoms with Gasteiger partial charge in [0.1, 0.15) is 5.75 Å². The molecule has 1 aromatic carbocycles. The Labute approximate surface area is 195 Å². The van der Waals surface area contributed by atoms with E-state index in [1.54, 1.807) is 12.4 Å². The molecule has 0 bridgehead atoms. The van der Waals surface area contributed by atoms with Crippen molar-refractivity contribution in [3.05, 3.63) is 41.5 Å². The lowest BCUT2D eigenvalue weighted by molar-refractivity contribution is -0.138. The average Bonchev–Trinajstić information content (AvgIpc) is 3.26. The highest BCUT2D eigenvalue weighted by Crippen LogP contribution is 2.38. The lowest BCUT2D eigenvalue weighted by Crippen LogP contribution is -2.10. The van der Waals surface area contributed by atoms with E-state index in [0.717, 1.165) is 38.2 Å². The molecule has 0 aliphatic heterocycles. The van der Waals surface area contributed by atoms with Crippen LogP contribution in [0.3, 0.4) is 0 Å². The Balaban J connectivity index is 1.66. The number of nitrogens with zero attached hydrogens (tertiary/aromatic N) is 3. The topological polar surface area (TPSA) is 69.2 Å².